The van der Waals surface area contributed by atoms with Gasteiger partial charge in [0.15, 0.2) is 6.54 Å². The average molecular weight is 522 g/mol. The van der Waals surface area contributed by atoms with Crippen LogP contribution in [0.2, 0.25) is 0 Å². The summed E-state index contributed by atoms with van der Waals surface area (Å²) < 4.78 is 40.8. The number of pyridine rings is 1. The number of hydrogen-bond acceptors (Lipinski definition) is 4. The van der Waals surface area contributed by atoms with Crippen molar-refractivity contribution in [2.45, 2.75) is 81.1 Å². The van der Waals surface area contributed by atoms with E-state index in [1.807, 2.05) is 12.4 Å². The Morgan fingerprint density at radius 2 is 2.00 bits per heavy atom. The van der Waals surface area contributed by atoms with Crippen molar-refractivity contribution in [1.82, 2.24) is 4.98 Å². The Balaban J connectivity index is 1.13. The molecule has 1 N–H and O–H groups in total. The SMILES string of the molecule is CC12CC=C3C=C4COC([N+]5(O)CCC(F)(F)C5)C[C@]45CC[C@]3(O5)[C@@H]1CCC2c1ccc2ccncc2c1. The third-order valence-electron chi connectivity index (χ3n) is 11.3. The number of allylic oxidation sites excluding steroid dienone is 1. The number of halogens is 2. The topological polar surface area (TPSA) is 51.6 Å². The van der Waals surface area contributed by atoms with Crippen LogP contribution in [0.25, 0.3) is 10.8 Å². The lowest BCUT2D eigenvalue weighted by Gasteiger charge is -2.54. The number of fused-ring (bicyclic) bond motifs is 2. The Morgan fingerprint density at radius 1 is 1.11 bits per heavy atom. The highest BCUT2D eigenvalue weighted by Crippen LogP contribution is 2.69. The summed E-state index contributed by atoms with van der Waals surface area (Å²) in [5.41, 5.74) is 2.98. The van der Waals surface area contributed by atoms with Crippen LogP contribution < -0.4 is 0 Å². The van der Waals surface area contributed by atoms with E-state index >= 15 is 0 Å². The summed E-state index contributed by atoms with van der Waals surface area (Å²) in [7, 11) is 0. The maximum Gasteiger partial charge on any atom is 0.304 e. The van der Waals surface area contributed by atoms with E-state index in [9.17, 15) is 14.0 Å². The molecule has 38 heavy (non-hydrogen) atoms. The van der Waals surface area contributed by atoms with Gasteiger partial charge in [0, 0.05) is 17.8 Å². The molecule has 5 nitrogen and oxygen atoms in total. The second-order valence-electron chi connectivity index (χ2n) is 13.1. The largest absolute Gasteiger partial charge is 0.359 e. The summed E-state index contributed by atoms with van der Waals surface area (Å²) in [5, 5.41) is 13.6. The number of aromatic nitrogens is 1. The van der Waals surface area contributed by atoms with Crippen molar-refractivity contribution in [3.8, 4) is 0 Å². The first-order chi connectivity index (χ1) is 18.1. The Labute approximate surface area is 221 Å². The van der Waals surface area contributed by atoms with Crippen LogP contribution in [0.1, 0.15) is 63.4 Å². The van der Waals surface area contributed by atoms with Crippen LogP contribution >= 0.6 is 0 Å². The third-order valence-corrected chi connectivity index (χ3v) is 11.3. The molecule has 7 atom stereocenters. The Hall–Kier alpha value is -2.19. The van der Waals surface area contributed by atoms with Gasteiger partial charge in [-0.05, 0) is 83.6 Å². The van der Waals surface area contributed by atoms with Crippen LogP contribution in [0, 0.1) is 11.3 Å². The molecule has 3 saturated heterocycles. The van der Waals surface area contributed by atoms with Crippen LogP contribution in [0.5, 0.6) is 0 Å². The number of likely N-dealkylation sites (tertiary alicyclic amines) is 1. The molecule has 1 aromatic carbocycles. The maximum absolute atomic E-state index is 14.1. The molecule has 200 valence electrons. The van der Waals surface area contributed by atoms with Crippen molar-refractivity contribution in [2.75, 3.05) is 19.7 Å². The highest BCUT2D eigenvalue weighted by atomic mass is 19.3. The summed E-state index contributed by atoms with van der Waals surface area (Å²) in [6.07, 6.45) is 13.0. The number of hydrogen-bond donors (Lipinski definition) is 1. The van der Waals surface area contributed by atoms with E-state index in [1.54, 1.807) is 0 Å². The van der Waals surface area contributed by atoms with Gasteiger partial charge in [0.1, 0.15) is 12.1 Å². The minimum atomic E-state index is -2.85. The van der Waals surface area contributed by atoms with Gasteiger partial charge < -0.3 is 9.47 Å². The van der Waals surface area contributed by atoms with Crippen LogP contribution in [-0.2, 0) is 9.47 Å². The molecule has 4 unspecified atom stereocenters. The molecule has 2 aromatic rings. The first-order valence-electron chi connectivity index (χ1n) is 14.2. The Kier molecular flexibility index (Phi) is 4.68. The van der Waals surface area contributed by atoms with Gasteiger partial charge in [-0.3, -0.25) is 4.98 Å². The average Bonchev–Trinajstić information content (AvgIpc) is 3.52. The van der Waals surface area contributed by atoms with Gasteiger partial charge in [-0.15, -0.1) is 0 Å². The van der Waals surface area contributed by atoms with Crippen LogP contribution in [0.3, 0.4) is 0 Å². The summed E-state index contributed by atoms with van der Waals surface area (Å²) in [4.78, 5) is 4.34. The van der Waals surface area contributed by atoms with Gasteiger partial charge in [0.05, 0.1) is 25.0 Å². The molecule has 0 radical (unpaired) electrons. The van der Waals surface area contributed by atoms with Gasteiger partial charge in [0.2, 0.25) is 6.23 Å². The van der Waals surface area contributed by atoms with Gasteiger partial charge in [-0.2, -0.15) is 13.4 Å². The Bertz CT molecular complexity index is 1410. The standard InChI is InChI=1S/C31H35F2N2O3/c1-28-8-6-23-15-24-18-37-27(35(36)13-11-30(32,33)19-35)16-29(24)9-10-31(23,38-29)26(28)5-4-25(28)21-3-2-20-7-12-34-17-22(20)14-21/h2-3,6-7,12,14-15,17,25-27,36H,4-5,8-11,13,16,18-19H2,1H3/q+1/t25?,26-,27?,28?,29-,31-,35?/m1/s1. The molecule has 2 spiro atoms. The molecular formula is C31H35F2N2O3+. The fourth-order valence-corrected chi connectivity index (χ4v) is 9.32. The quantitative estimate of drug-likeness (QED) is 0.473. The molecule has 8 rings (SSSR count). The highest BCUT2D eigenvalue weighted by molar-refractivity contribution is 5.82. The van der Waals surface area contributed by atoms with Crippen molar-refractivity contribution in [1.29, 1.82) is 0 Å². The Morgan fingerprint density at radius 3 is 2.84 bits per heavy atom. The lowest BCUT2D eigenvalue weighted by atomic mass is 9.58. The van der Waals surface area contributed by atoms with E-state index in [0.717, 1.165) is 37.7 Å². The van der Waals surface area contributed by atoms with E-state index < -0.39 is 28.9 Å². The molecule has 2 aliphatic carbocycles. The molecular weight excluding hydrogens is 486 g/mol. The number of nitrogens with zero attached hydrogens (tertiary/aromatic N) is 2. The number of benzene rings is 1. The first-order valence-corrected chi connectivity index (χ1v) is 14.2. The number of alkyl halides is 2. The molecule has 1 aromatic heterocycles. The van der Waals surface area contributed by atoms with E-state index in [1.165, 1.54) is 21.9 Å². The van der Waals surface area contributed by atoms with Crippen LogP contribution in [0.15, 0.2) is 60.0 Å². The molecule has 0 amide bonds. The highest BCUT2D eigenvalue weighted by Gasteiger charge is 2.68. The molecule has 6 aliphatic rings. The molecule has 5 heterocycles. The maximum atomic E-state index is 14.1. The summed E-state index contributed by atoms with van der Waals surface area (Å²) in [6, 6.07) is 8.91. The molecule has 4 fully saturated rings. The minimum Gasteiger partial charge on any atom is -0.359 e. The second kappa shape index (κ2) is 7.51. The monoisotopic (exact) mass is 521 g/mol. The number of rotatable bonds is 2. The number of quaternary nitrogens is 1. The second-order valence-corrected chi connectivity index (χ2v) is 13.1. The smallest absolute Gasteiger partial charge is 0.304 e. The van der Waals surface area contributed by atoms with Gasteiger partial charge in [-0.1, -0.05) is 31.2 Å². The van der Waals surface area contributed by atoms with Crippen molar-refractivity contribution in [2.24, 2.45) is 11.3 Å². The van der Waals surface area contributed by atoms with E-state index in [4.69, 9.17) is 9.47 Å². The summed E-state index contributed by atoms with van der Waals surface area (Å²) >= 11 is 0. The summed E-state index contributed by atoms with van der Waals surface area (Å²) in [6.45, 7) is 2.23. The van der Waals surface area contributed by atoms with E-state index in [0.29, 0.717) is 24.9 Å². The third kappa shape index (κ3) is 3.07. The van der Waals surface area contributed by atoms with Crippen molar-refractivity contribution in [3.63, 3.8) is 0 Å². The van der Waals surface area contributed by atoms with E-state index in [2.05, 4.69) is 48.3 Å². The minimum absolute atomic E-state index is 0.0206. The fraction of sp³-hybridized carbons (Fsp3) is 0.581. The summed E-state index contributed by atoms with van der Waals surface area (Å²) in [5.74, 6) is -2.03. The number of ether oxygens (including phenoxy) is 2. The zero-order chi connectivity index (χ0) is 26.0. The molecule has 1 saturated carbocycles. The van der Waals surface area contributed by atoms with Crippen molar-refractivity contribution in [3.05, 3.63) is 65.5 Å². The van der Waals surface area contributed by atoms with Gasteiger partial charge in [-0.25, -0.2) is 5.21 Å². The lowest BCUT2D eigenvalue weighted by molar-refractivity contribution is -1.13. The zero-order valence-corrected chi connectivity index (χ0v) is 21.8. The molecule has 7 heteroatoms. The predicted molar refractivity (Wildman–Crippen MR) is 138 cm³/mol. The first kappa shape index (κ1) is 23.7. The van der Waals surface area contributed by atoms with Gasteiger partial charge in [0.25, 0.3) is 0 Å². The molecule has 2 bridgehead atoms. The van der Waals surface area contributed by atoms with Crippen molar-refractivity contribution >= 4 is 10.8 Å². The zero-order valence-electron chi connectivity index (χ0n) is 21.8. The molecule has 4 aliphatic heterocycles. The predicted octanol–water partition coefficient (Wildman–Crippen LogP) is 6.28. The van der Waals surface area contributed by atoms with Crippen molar-refractivity contribution < 1.29 is 28.1 Å². The van der Waals surface area contributed by atoms with E-state index in [-0.39, 0.29) is 24.0 Å². The number of hydroxylamine groups is 3. The lowest BCUT2D eigenvalue weighted by Crippen LogP contribution is -2.61. The normalized spacial score (nSPS) is 44.8. The van der Waals surface area contributed by atoms with Crippen LogP contribution in [-0.4, -0.2) is 57.9 Å². The van der Waals surface area contributed by atoms with Crippen LogP contribution in [0.4, 0.5) is 8.78 Å². The van der Waals surface area contributed by atoms with Gasteiger partial charge >= 0.3 is 5.92 Å². The fourth-order valence-electron chi connectivity index (χ4n) is 9.32.